The van der Waals surface area contributed by atoms with E-state index in [1.807, 2.05) is 0 Å². The Hall–Kier alpha value is -1.76. The fraction of sp³-hybridized carbons (Fsp3) is 0. The number of hydrogen-bond donors (Lipinski definition) is 1. The Labute approximate surface area is 116 Å². The molecular weight excluding hydrogens is 288 g/mol. The molecule has 0 radical (unpaired) electrons. The number of anilines is 1. The normalized spacial score (nSPS) is 11.9. The highest BCUT2D eigenvalue weighted by Crippen LogP contribution is 2.23. The summed E-state index contributed by atoms with van der Waals surface area (Å²) in [4.78, 5) is 15.7. The van der Waals surface area contributed by atoms with Crippen LogP contribution in [0.25, 0.3) is 0 Å². The van der Waals surface area contributed by atoms with Gasteiger partial charge in [0.15, 0.2) is 0 Å². The van der Waals surface area contributed by atoms with Gasteiger partial charge in [-0.3, -0.25) is 14.0 Å². The van der Waals surface area contributed by atoms with Crippen LogP contribution in [0.5, 0.6) is 0 Å². The molecule has 1 heterocycles. The third kappa shape index (κ3) is 3.37. The first-order chi connectivity index (χ1) is 9.08. The fourth-order valence-electron chi connectivity index (χ4n) is 1.44. The second kappa shape index (κ2) is 5.92. The standard InChI is InChI=1S/C12H9ClN2O3S/c13-9-3-4-11(19(17)18)10(6-9)15-12(16)8-2-1-5-14-7-8/h1-7H,(H,15,16)(H,17,18)/p-1. The van der Waals surface area contributed by atoms with Crippen LogP contribution in [-0.2, 0) is 11.1 Å². The summed E-state index contributed by atoms with van der Waals surface area (Å²) < 4.78 is 22.1. The van der Waals surface area contributed by atoms with E-state index in [4.69, 9.17) is 11.6 Å². The molecule has 0 saturated heterocycles. The van der Waals surface area contributed by atoms with E-state index in [2.05, 4.69) is 10.3 Å². The van der Waals surface area contributed by atoms with Crippen molar-refractivity contribution in [1.29, 1.82) is 0 Å². The Bertz CT molecular complexity index is 634. The van der Waals surface area contributed by atoms with E-state index in [1.165, 1.54) is 30.6 Å². The number of hydrogen-bond acceptors (Lipinski definition) is 4. The van der Waals surface area contributed by atoms with Gasteiger partial charge in [0.25, 0.3) is 5.91 Å². The minimum Gasteiger partial charge on any atom is -0.768 e. The molecule has 1 N–H and O–H groups in total. The highest BCUT2D eigenvalue weighted by Gasteiger charge is 2.10. The molecule has 1 aromatic heterocycles. The van der Waals surface area contributed by atoms with Gasteiger partial charge >= 0.3 is 0 Å². The molecular formula is C12H8ClN2O3S-. The monoisotopic (exact) mass is 295 g/mol. The Morgan fingerprint density at radius 3 is 2.79 bits per heavy atom. The Balaban J connectivity index is 2.31. The molecule has 0 fully saturated rings. The zero-order valence-electron chi connectivity index (χ0n) is 9.50. The summed E-state index contributed by atoms with van der Waals surface area (Å²) in [5.74, 6) is -0.456. The molecule has 1 unspecified atom stereocenters. The molecule has 2 rings (SSSR count). The molecule has 1 amide bonds. The van der Waals surface area contributed by atoms with Gasteiger partial charge in [-0.05, 0) is 41.4 Å². The van der Waals surface area contributed by atoms with Crippen LogP contribution in [-0.4, -0.2) is 19.7 Å². The Kier molecular flexibility index (Phi) is 4.26. The van der Waals surface area contributed by atoms with Gasteiger partial charge in [0.2, 0.25) is 0 Å². The van der Waals surface area contributed by atoms with Crippen LogP contribution in [0.1, 0.15) is 10.4 Å². The molecule has 5 nitrogen and oxygen atoms in total. The molecule has 98 valence electrons. The van der Waals surface area contributed by atoms with Crippen LogP contribution in [0.3, 0.4) is 0 Å². The molecule has 0 aliphatic heterocycles. The van der Waals surface area contributed by atoms with Crippen molar-refractivity contribution in [3.8, 4) is 0 Å². The highest BCUT2D eigenvalue weighted by atomic mass is 35.5. The number of rotatable bonds is 3. The number of benzene rings is 1. The first-order valence-electron chi connectivity index (χ1n) is 5.18. The zero-order chi connectivity index (χ0) is 13.8. The van der Waals surface area contributed by atoms with Crippen molar-refractivity contribution in [2.24, 2.45) is 0 Å². The van der Waals surface area contributed by atoms with E-state index < -0.39 is 17.0 Å². The maximum absolute atomic E-state index is 11.9. The van der Waals surface area contributed by atoms with Crippen molar-refractivity contribution in [2.45, 2.75) is 4.90 Å². The minimum absolute atomic E-state index is 0.0263. The maximum atomic E-state index is 11.9. The van der Waals surface area contributed by atoms with Crippen LogP contribution in [0, 0.1) is 0 Å². The number of carbonyl (C=O) groups is 1. The van der Waals surface area contributed by atoms with Crippen LogP contribution >= 0.6 is 11.6 Å². The molecule has 2 aromatic rings. The number of halogens is 1. The third-order valence-electron chi connectivity index (χ3n) is 2.29. The highest BCUT2D eigenvalue weighted by molar-refractivity contribution is 7.79. The van der Waals surface area contributed by atoms with E-state index in [-0.39, 0.29) is 10.6 Å². The summed E-state index contributed by atoms with van der Waals surface area (Å²) in [7, 11) is 0. The predicted molar refractivity (Wildman–Crippen MR) is 70.8 cm³/mol. The summed E-state index contributed by atoms with van der Waals surface area (Å²) in [5.41, 5.74) is 0.458. The summed E-state index contributed by atoms with van der Waals surface area (Å²) >= 11 is 3.33. The number of amides is 1. The summed E-state index contributed by atoms with van der Waals surface area (Å²) in [6.45, 7) is 0. The number of pyridine rings is 1. The smallest absolute Gasteiger partial charge is 0.257 e. The quantitative estimate of drug-likeness (QED) is 0.880. The lowest BCUT2D eigenvalue weighted by Gasteiger charge is -2.13. The lowest BCUT2D eigenvalue weighted by atomic mass is 10.2. The van der Waals surface area contributed by atoms with E-state index in [0.29, 0.717) is 10.6 Å². The van der Waals surface area contributed by atoms with E-state index in [1.54, 1.807) is 12.1 Å². The van der Waals surface area contributed by atoms with Crippen molar-refractivity contribution in [2.75, 3.05) is 5.32 Å². The van der Waals surface area contributed by atoms with Gasteiger partial charge in [0.05, 0.1) is 11.3 Å². The molecule has 0 spiro atoms. The van der Waals surface area contributed by atoms with Crippen LogP contribution in [0.4, 0.5) is 5.69 Å². The molecule has 0 aliphatic rings. The fourth-order valence-corrected chi connectivity index (χ4v) is 2.08. The number of nitrogens with zero attached hydrogens (tertiary/aromatic N) is 1. The Morgan fingerprint density at radius 2 is 2.16 bits per heavy atom. The van der Waals surface area contributed by atoms with Gasteiger partial charge in [-0.15, -0.1) is 0 Å². The topological polar surface area (TPSA) is 82.1 Å². The average molecular weight is 296 g/mol. The Morgan fingerprint density at radius 1 is 1.37 bits per heavy atom. The first-order valence-corrected chi connectivity index (χ1v) is 6.63. The zero-order valence-corrected chi connectivity index (χ0v) is 11.1. The largest absolute Gasteiger partial charge is 0.768 e. The predicted octanol–water partition coefficient (Wildman–Crippen LogP) is 2.23. The number of aromatic nitrogens is 1. The molecule has 0 aliphatic carbocycles. The summed E-state index contributed by atoms with van der Waals surface area (Å²) in [6.07, 6.45) is 2.92. The van der Waals surface area contributed by atoms with E-state index in [0.717, 1.165) is 0 Å². The molecule has 19 heavy (non-hydrogen) atoms. The lowest BCUT2D eigenvalue weighted by molar-refractivity contribution is 0.102. The minimum atomic E-state index is -2.46. The average Bonchev–Trinajstić information content (AvgIpc) is 2.39. The van der Waals surface area contributed by atoms with Gasteiger partial charge in [-0.25, -0.2) is 0 Å². The van der Waals surface area contributed by atoms with Gasteiger partial charge in [-0.1, -0.05) is 11.6 Å². The third-order valence-corrected chi connectivity index (χ3v) is 3.24. The molecule has 1 atom stereocenters. The van der Waals surface area contributed by atoms with Gasteiger partial charge in [-0.2, -0.15) is 0 Å². The van der Waals surface area contributed by atoms with Gasteiger partial charge in [0, 0.05) is 22.3 Å². The summed E-state index contributed by atoms with van der Waals surface area (Å²) in [6, 6.07) is 7.32. The lowest BCUT2D eigenvalue weighted by Crippen LogP contribution is -2.13. The van der Waals surface area contributed by atoms with Crippen LogP contribution < -0.4 is 5.32 Å². The van der Waals surface area contributed by atoms with Crippen LogP contribution in [0.2, 0.25) is 5.02 Å². The second-order valence-electron chi connectivity index (χ2n) is 3.57. The van der Waals surface area contributed by atoms with Crippen molar-refractivity contribution in [1.82, 2.24) is 4.98 Å². The van der Waals surface area contributed by atoms with E-state index >= 15 is 0 Å². The van der Waals surface area contributed by atoms with Crippen molar-refractivity contribution in [3.05, 3.63) is 53.3 Å². The second-order valence-corrected chi connectivity index (χ2v) is 4.92. The summed E-state index contributed by atoms with van der Waals surface area (Å²) in [5, 5.41) is 2.82. The van der Waals surface area contributed by atoms with Crippen molar-refractivity contribution >= 4 is 34.3 Å². The van der Waals surface area contributed by atoms with Crippen molar-refractivity contribution in [3.63, 3.8) is 0 Å². The first kappa shape index (κ1) is 13.7. The van der Waals surface area contributed by atoms with Crippen LogP contribution in [0.15, 0.2) is 47.6 Å². The SMILES string of the molecule is O=C(Nc1cc(Cl)ccc1S(=O)[O-])c1cccnc1. The molecule has 1 aromatic carbocycles. The number of nitrogens with one attached hydrogen (secondary N) is 1. The van der Waals surface area contributed by atoms with E-state index in [9.17, 15) is 13.6 Å². The molecule has 0 bridgehead atoms. The maximum Gasteiger partial charge on any atom is 0.257 e. The number of carbonyl (C=O) groups excluding carboxylic acids is 1. The van der Waals surface area contributed by atoms with Gasteiger partial charge in [0.1, 0.15) is 0 Å². The molecule has 0 saturated carbocycles. The van der Waals surface area contributed by atoms with Gasteiger partial charge < -0.3 is 9.87 Å². The van der Waals surface area contributed by atoms with Crippen molar-refractivity contribution < 1.29 is 13.6 Å². The molecule has 7 heteroatoms.